The van der Waals surface area contributed by atoms with E-state index in [1.165, 1.54) is 0 Å². The first-order chi connectivity index (χ1) is 10.1. The highest BCUT2D eigenvalue weighted by Gasteiger charge is 2.19. The quantitative estimate of drug-likeness (QED) is 0.879. The number of hydrogen-bond acceptors (Lipinski definition) is 4. The van der Waals surface area contributed by atoms with Gasteiger partial charge >= 0.3 is 5.97 Å². The normalized spacial score (nSPS) is 14.4. The van der Waals surface area contributed by atoms with Crippen LogP contribution < -0.4 is 4.90 Å². The number of rotatable bonds is 3. The average Bonchev–Trinajstić information content (AvgIpc) is 2.92. The minimum absolute atomic E-state index is 0.573. The number of benzene rings is 1. The second kappa shape index (κ2) is 5.57. The Labute approximate surface area is 126 Å². The fraction of sp³-hybridized carbons (Fsp3) is 0.214. The first-order valence-electron chi connectivity index (χ1n) is 6.45. The van der Waals surface area contributed by atoms with E-state index in [0.29, 0.717) is 11.6 Å². The van der Waals surface area contributed by atoms with Crippen molar-refractivity contribution < 1.29 is 9.90 Å². The summed E-state index contributed by atoms with van der Waals surface area (Å²) in [4.78, 5) is 12.9. The highest BCUT2D eigenvalue weighted by Crippen LogP contribution is 2.28. The van der Waals surface area contributed by atoms with Crippen LogP contribution in [0.2, 0.25) is 5.02 Å². The van der Waals surface area contributed by atoms with E-state index in [0.717, 1.165) is 36.2 Å². The second-order valence-corrected chi connectivity index (χ2v) is 5.17. The van der Waals surface area contributed by atoms with E-state index < -0.39 is 5.97 Å². The van der Waals surface area contributed by atoms with E-state index in [2.05, 4.69) is 15.1 Å². The maximum atomic E-state index is 10.7. The van der Waals surface area contributed by atoms with Crippen LogP contribution >= 0.6 is 11.6 Å². The van der Waals surface area contributed by atoms with Crippen molar-refractivity contribution in [2.75, 3.05) is 11.4 Å². The van der Waals surface area contributed by atoms with Gasteiger partial charge in [0.25, 0.3) is 0 Å². The van der Waals surface area contributed by atoms with Gasteiger partial charge < -0.3 is 14.6 Å². The van der Waals surface area contributed by atoms with Gasteiger partial charge in [-0.25, -0.2) is 4.79 Å². The smallest absolute Gasteiger partial charge is 0.328 e. The number of carboxylic acid groups (broad SMARTS) is 1. The molecular weight excluding hydrogens is 292 g/mol. The SMILES string of the molecule is O=C(O)/C=C/c1cc(Cl)ccc1N1CCn2cnnc2C1. The van der Waals surface area contributed by atoms with Crippen LogP contribution in [0.1, 0.15) is 11.4 Å². The molecule has 0 saturated carbocycles. The largest absolute Gasteiger partial charge is 0.478 e. The topological polar surface area (TPSA) is 71.2 Å². The predicted octanol–water partition coefficient (Wildman–Crippen LogP) is 2.05. The standard InChI is InChI=1S/C14H13ClN4O2/c15-11-2-3-12(10(7-11)1-4-14(20)21)18-5-6-19-9-16-17-13(19)8-18/h1-4,7,9H,5-6,8H2,(H,20,21)/b4-1+. The fourth-order valence-electron chi connectivity index (χ4n) is 2.38. The van der Waals surface area contributed by atoms with Crippen LogP contribution in [0.4, 0.5) is 5.69 Å². The lowest BCUT2D eigenvalue weighted by Crippen LogP contribution is -2.34. The van der Waals surface area contributed by atoms with Crippen molar-refractivity contribution >= 4 is 29.3 Å². The zero-order valence-electron chi connectivity index (χ0n) is 11.1. The molecule has 6 nitrogen and oxygen atoms in total. The summed E-state index contributed by atoms with van der Waals surface area (Å²) in [6.07, 6.45) is 4.39. The minimum Gasteiger partial charge on any atom is -0.478 e. The number of fused-ring (bicyclic) bond motifs is 1. The third-order valence-corrected chi connectivity index (χ3v) is 3.61. The summed E-state index contributed by atoms with van der Waals surface area (Å²) in [5.41, 5.74) is 1.71. The Balaban J connectivity index is 1.93. The molecule has 0 fully saturated rings. The monoisotopic (exact) mass is 304 g/mol. The molecule has 7 heteroatoms. The van der Waals surface area contributed by atoms with Gasteiger partial charge in [-0.1, -0.05) is 11.6 Å². The number of hydrogen-bond donors (Lipinski definition) is 1. The van der Waals surface area contributed by atoms with Gasteiger partial charge in [0, 0.05) is 29.9 Å². The van der Waals surface area contributed by atoms with Gasteiger partial charge in [0.1, 0.15) is 6.33 Å². The van der Waals surface area contributed by atoms with Crippen molar-refractivity contribution in [2.45, 2.75) is 13.1 Å². The van der Waals surface area contributed by atoms with Crippen molar-refractivity contribution in [1.29, 1.82) is 0 Å². The maximum absolute atomic E-state index is 10.7. The van der Waals surface area contributed by atoms with Gasteiger partial charge in [0.05, 0.1) is 6.54 Å². The molecule has 0 amide bonds. The molecule has 2 aromatic rings. The lowest BCUT2D eigenvalue weighted by molar-refractivity contribution is -0.131. The molecule has 2 heterocycles. The Hall–Kier alpha value is -2.34. The highest BCUT2D eigenvalue weighted by atomic mass is 35.5. The first-order valence-corrected chi connectivity index (χ1v) is 6.83. The van der Waals surface area contributed by atoms with E-state index in [1.54, 1.807) is 24.5 Å². The third kappa shape index (κ3) is 2.90. The molecular formula is C14H13ClN4O2. The molecule has 1 aliphatic rings. The van der Waals surface area contributed by atoms with Crippen molar-refractivity contribution in [3.05, 3.63) is 47.0 Å². The molecule has 1 aromatic carbocycles. The van der Waals surface area contributed by atoms with Gasteiger partial charge in [0.15, 0.2) is 5.82 Å². The predicted molar refractivity (Wildman–Crippen MR) is 79.2 cm³/mol. The Morgan fingerprint density at radius 1 is 1.38 bits per heavy atom. The zero-order valence-corrected chi connectivity index (χ0v) is 11.9. The highest BCUT2D eigenvalue weighted by molar-refractivity contribution is 6.30. The molecule has 108 valence electrons. The molecule has 0 saturated heterocycles. The lowest BCUT2D eigenvalue weighted by Gasteiger charge is -2.30. The summed E-state index contributed by atoms with van der Waals surface area (Å²) in [6, 6.07) is 5.46. The van der Waals surface area contributed by atoms with Gasteiger partial charge in [-0.2, -0.15) is 0 Å². The number of nitrogens with zero attached hydrogens (tertiary/aromatic N) is 4. The molecule has 0 spiro atoms. The molecule has 1 aliphatic heterocycles. The number of carbonyl (C=O) groups is 1. The van der Waals surface area contributed by atoms with Crippen LogP contribution in [0.5, 0.6) is 0 Å². The van der Waals surface area contributed by atoms with E-state index in [9.17, 15) is 4.79 Å². The Morgan fingerprint density at radius 2 is 2.24 bits per heavy atom. The minimum atomic E-state index is -0.987. The Morgan fingerprint density at radius 3 is 3.05 bits per heavy atom. The molecule has 0 bridgehead atoms. The summed E-state index contributed by atoms with van der Waals surface area (Å²) >= 11 is 6.01. The second-order valence-electron chi connectivity index (χ2n) is 4.74. The molecule has 0 radical (unpaired) electrons. The van der Waals surface area contributed by atoms with Crippen LogP contribution in [0.15, 0.2) is 30.6 Å². The molecule has 3 rings (SSSR count). The van der Waals surface area contributed by atoms with Gasteiger partial charge in [-0.05, 0) is 29.8 Å². The third-order valence-electron chi connectivity index (χ3n) is 3.37. The number of aliphatic carboxylic acids is 1. The molecule has 1 aromatic heterocycles. The molecule has 0 unspecified atom stereocenters. The van der Waals surface area contributed by atoms with Crippen LogP contribution in [-0.4, -0.2) is 32.4 Å². The van der Waals surface area contributed by atoms with Gasteiger partial charge in [-0.15, -0.1) is 10.2 Å². The summed E-state index contributed by atoms with van der Waals surface area (Å²) in [5, 5.41) is 17.4. The fourth-order valence-corrected chi connectivity index (χ4v) is 2.56. The average molecular weight is 305 g/mol. The van der Waals surface area contributed by atoms with E-state index in [1.807, 2.05) is 10.6 Å². The summed E-state index contributed by atoms with van der Waals surface area (Å²) in [7, 11) is 0. The Kier molecular flexibility index (Phi) is 3.62. The van der Waals surface area contributed by atoms with Gasteiger partial charge in [-0.3, -0.25) is 0 Å². The van der Waals surface area contributed by atoms with Crippen molar-refractivity contribution in [3.8, 4) is 0 Å². The van der Waals surface area contributed by atoms with E-state index >= 15 is 0 Å². The summed E-state index contributed by atoms with van der Waals surface area (Å²) in [5.74, 6) is -0.0938. The van der Waals surface area contributed by atoms with E-state index in [-0.39, 0.29) is 0 Å². The zero-order chi connectivity index (χ0) is 14.8. The van der Waals surface area contributed by atoms with Crippen molar-refractivity contribution in [3.63, 3.8) is 0 Å². The molecule has 1 N–H and O–H groups in total. The number of anilines is 1. The number of carboxylic acids is 1. The van der Waals surface area contributed by atoms with E-state index in [4.69, 9.17) is 16.7 Å². The molecule has 0 aliphatic carbocycles. The van der Waals surface area contributed by atoms with Crippen molar-refractivity contribution in [1.82, 2.24) is 14.8 Å². The van der Waals surface area contributed by atoms with Crippen molar-refractivity contribution in [2.24, 2.45) is 0 Å². The van der Waals surface area contributed by atoms with Crippen LogP contribution in [-0.2, 0) is 17.9 Å². The molecule has 21 heavy (non-hydrogen) atoms. The number of aromatic nitrogens is 3. The van der Waals surface area contributed by atoms with Crippen LogP contribution in [0.3, 0.4) is 0 Å². The van der Waals surface area contributed by atoms with Crippen LogP contribution in [0.25, 0.3) is 6.08 Å². The molecule has 0 atom stereocenters. The first kappa shape index (κ1) is 13.6. The summed E-state index contributed by atoms with van der Waals surface area (Å²) in [6.45, 7) is 2.24. The lowest BCUT2D eigenvalue weighted by atomic mass is 10.1. The number of halogens is 1. The maximum Gasteiger partial charge on any atom is 0.328 e. The Bertz CT molecular complexity index is 711. The van der Waals surface area contributed by atoms with Crippen LogP contribution in [0, 0.1) is 0 Å². The summed E-state index contributed by atoms with van der Waals surface area (Å²) < 4.78 is 2.01. The van der Waals surface area contributed by atoms with Gasteiger partial charge in [0.2, 0.25) is 0 Å².